The number of carboxylic acid groups (broad SMARTS) is 1. The van der Waals surface area contributed by atoms with Crippen LogP contribution in [0.3, 0.4) is 0 Å². The molecule has 2 aliphatic rings. The van der Waals surface area contributed by atoms with Crippen LogP contribution < -0.4 is 0 Å². The maximum atomic E-state index is 12.8. The lowest BCUT2D eigenvalue weighted by atomic mass is 9.89. The second kappa shape index (κ2) is 8.76. The van der Waals surface area contributed by atoms with Crippen molar-refractivity contribution < 1.29 is 24.9 Å². The van der Waals surface area contributed by atoms with Gasteiger partial charge in [0.1, 0.15) is 5.75 Å². The van der Waals surface area contributed by atoms with Gasteiger partial charge in [-0.3, -0.25) is 4.79 Å². The maximum Gasteiger partial charge on any atom is 0.407 e. The second-order valence-corrected chi connectivity index (χ2v) is 8.25. The van der Waals surface area contributed by atoms with E-state index in [9.17, 15) is 19.8 Å². The van der Waals surface area contributed by atoms with Gasteiger partial charge in [0.25, 0.3) is 0 Å². The molecule has 2 heterocycles. The molecule has 2 saturated heterocycles. The summed E-state index contributed by atoms with van der Waals surface area (Å²) in [4.78, 5) is 26.9. The van der Waals surface area contributed by atoms with Crippen LogP contribution in [-0.2, 0) is 4.79 Å². The highest BCUT2D eigenvalue weighted by molar-refractivity contribution is 6.42. The van der Waals surface area contributed by atoms with Crippen molar-refractivity contribution in [3.63, 3.8) is 0 Å². The van der Waals surface area contributed by atoms with Gasteiger partial charge < -0.3 is 25.1 Å². The minimum Gasteiger partial charge on any atom is -0.508 e. The topological polar surface area (TPSA) is 101 Å². The SMILES string of the molecule is O=C(O)N1CC[C@H](C(=O)N2CCC[C@H]([C@H](O)c3c(O)ccc(Cl)c3Cl)CC2)C1. The normalized spacial score (nSPS) is 24.1. The fourth-order valence-corrected chi connectivity index (χ4v) is 4.56. The minimum absolute atomic E-state index is 0.0254. The van der Waals surface area contributed by atoms with Crippen molar-refractivity contribution in [2.24, 2.45) is 11.8 Å². The second-order valence-electron chi connectivity index (χ2n) is 7.47. The van der Waals surface area contributed by atoms with E-state index in [1.165, 1.54) is 17.0 Å². The number of halogens is 2. The van der Waals surface area contributed by atoms with E-state index in [0.29, 0.717) is 45.3 Å². The molecule has 0 spiro atoms. The van der Waals surface area contributed by atoms with Crippen molar-refractivity contribution in [3.8, 4) is 5.75 Å². The zero-order valence-electron chi connectivity index (χ0n) is 15.4. The molecule has 3 N–H and O–H groups in total. The Labute approximate surface area is 173 Å². The average Bonchev–Trinajstić information content (AvgIpc) is 3.03. The Bertz CT molecular complexity index is 760. The van der Waals surface area contributed by atoms with E-state index in [1.54, 1.807) is 4.90 Å². The molecule has 2 amide bonds. The highest BCUT2D eigenvalue weighted by Crippen LogP contribution is 2.42. The molecule has 2 aliphatic heterocycles. The molecule has 1 aromatic carbocycles. The summed E-state index contributed by atoms with van der Waals surface area (Å²) < 4.78 is 0. The van der Waals surface area contributed by atoms with Gasteiger partial charge in [0, 0.05) is 31.7 Å². The van der Waals surface area contributed by atoms with E-state index in [0.717, 1.165) is 0 Å². The number of likely N-dealkylation sites (tertiary alicyclic amines) is 2. The molecule has 0 aliphatic carbocycles. The average molecular weight is 431 g/mol. The van der Waals surface area contributed by atoms with Crippen molar-refractivity contribution in [1.29, 1.82) is 0 Å². The van der Waals surface area contributed by atoms with Gasteiger partial charge in [0.05, 0.1) is 22.1 Å². The standard InChI is InChI=1S/C19H24Cl2N2O5/c20-13-3-4-14(24)15(16(13)21)17(25)11-2-1-7-22(8-5-11)18(26)12-6-9-23(10-12)19(27)28/h3-4,11-12,17,24-25H,1-2,5-10H2,(H,27,28)/t11-,12-,17-/m0/s1. The summed E-state index contributed by atoms with van der Waals surface area (Å²) in [7, 11) is 0. The molecule has 1 aromatic rings. The number of benzene rings is 1. The van der Waals surface area contributed by atoms with Crippen LogP contribution in [0, 0.1) is 11.8 Å². The number of amides is 2. The highest BCUT2D eigenvalue weighted by atomic mass is 35.5. The van der Waals surface area contributed by atoms with E-state index < -0.39 is 12.2 Å². The van der Waals surface area contributed by atoms with Crippen LogP contribution in [0.5, 0.6) is 5.75 Å². The monoisotopic (exact) mass is 430 g/mol. The van der Waals surface area contributed by atoms with Gasteiger partial charge in [0.2, 0.25) is 5.91 Å². The zero-order valence-corrected chi connectivity index (χ0v) is 16.9. The number of carbonyl (C=O) groups excluding carboxylic acids is 1. The predicted octanol–water partition coefficient (Wildman–Crippen LogP) is 3.36. The van der Waals surface area contributed by atoms with Crippen LogP contribution in [0.1, 0.15) is 37.4 Å². The molecule has 3 atom stereocenters. The highest BCUT2D eigenvalue weighted by Gasteiger charge is 2.35. The number of phenolic OH excluding ortho intramolecular Hbond substituents is 1. The maximum absolute atomic E-state index is 12.8. The number of carbonyl (C=O) groups is 2. The van der Waals surface area contributed by atoms with Gasteiger partial charge in [-0.25, -0.2) is 4.79 Å². The minimum atomic E-state index is -0.993. The first-order valence-electron chi connectivity index (χ1n) is 9.41. The van der Waals surface area contributed by atoms with Crippen LogP contribution in [0.25, 0.3) is 0 Å². The Kier molecular flexibility index (Phi) is 6.58. The quantitative estimate of drug-likeness (QED) is 0.682. The molecule has 0 aromatic heterocycles. The fourth-order valence-electron chi connectivity index (χ4n) is 4.13. The number of phenols is 1. The number of hydrogen-bond donors (Lipinski definition) is 3. The lowest BCUT2D eigenvalue weighted by molar-refractivity contribution is -0.135. The summed E-state index contributed by atoms with van der Waals surface area (Å²) in [6.45, 7) is 1.67. The first-order chi connectivity index (χ1) is 13.3. The summed E-state index contributed by atoms with van der Waals surface area (Å²) in [5.74, 6) is -0.593. The number of rotatable bonds is 3. The van der Waals surface area contributed by atoms with Crippen molar-refractivity contribution in [1.82, 2.24) is 9.80 Å². The van der Waals surface area contributed by atoms with Gasteiger partial charge in [-0.1, -0.05) is 23.2 Å². The molecule has 3 rings (SSSR count). The number of aliphatic hydroxyl groups is 1. The largest absolute Gasteiger partial charge is 0.508 e. The van der Waals surface area contributed by atoms with Gasteiger partial charge in [-0.15, -0.1) is 0 Å². The van der Waals surface area contributed by atoms with E-state index in [1.807, 2.05) is 0 Å². The van der Waals surface area contributed by atoms with E-state index >= 15 is 0 Å². The molecule has 7 nitrogen and oxygen atoms in total. The van der Waals surface area contributed by atoms with Crippen LogP contribution in [0.2, 0.25) is 10.0 Å². The number of nitrogens with zero attached hydrogens (tertiary/aromatic N) is 2. The molecule has 2 fully saturated rings. The molecular weight excluding hydrogens is 407 g/mol. The lowest BCUT2D eigenvalue weighted by Crippen LogP contribution is -2.38. The van der Waals surface area contributed by atoms with Crippen LogP contribution in [0.15, 0.2) is 12.1 Å². The first-order valence-corrected chi connectivity index (χ1v) is 10.2. The van der Waals surface area contributed by atoms with Gasteiger partial charge >= 0.3 is 6.09 Å². The summed E-state index contributed by atoms with van der Waals surface area (Å²) in [5.41, 5.74) is 0.229. The van der Waals surface area contributed by atoms with Crippen LogP contribution in [0.4, 0.5) is 4.79 Å². The molecular formula is C19H24Cl2N2O5. The molecule has 154 valence electrons. The molecule has 0 bridgehead atoms. The molecule has 0 unspecified atom stereocenters. The van der Waals surface area contributed by atoms with Crippen molar-refractivity contribution in [2.75, 3.05) is 26.2 Å². The fraction of sp³-hybridized carbons (Fsp3) is 0.579. The Morgan fingerprint density at radius 3 is 2.46 bits per heavy atom. The van der Waals surface area contributed by atoms with E-state index in [-0.39, 0.29) is 45.6 Å². The molecule has 9 heteroatoms. The van der Waals surface area contributed by atoms with Crippen LogP contribution in [-0.4, -0.2) is 63.3 Å². The summed E-state index contributed by atoms with van der Waals surface area (Å²) in [5, 5.41) is 30.4. The Balaban J connectivity index is 1.65. The van der Waals surface area contributed by atoms with E-state index in [2.05, 4.69) is 0 Å². The summed E-state index contributed by atoms with van der Waals surface area (Å²) in [6, 6.07) is 2.89. The number of aliphatic hydroxyl groups excluding tert-OH is 1. The van der Waals surface area contributed by atoms with Gasteiger partial charge in [-0.2, -0.15) is 0 Å². The summed E-state index contributed by atoms with van der Waals surface area (Å²) in [6.07, 6.45) is 0.522. The van der Waals surface area contributed by atoms with Gasteiger partial charge in [-0.05, 0) is 43.7 Å². The van der Waals surface area contributed by atoms with Crippen molar-refractivity contribution >= 4 is 35.2 Å². The van der Waals surface area contributed by atoms with Crippen LogP contribution >= 0.6 is 23.2 Å². The predicted molar refractivity (Wildman–Crippen MR) is 105 cm³/mol. The number of hydrogen-bond acceptors (Lipinski definition) is 4. The van der Waals surface area contributed by atoms with Gasteiger partial charge in [0.15, 0.2) is 0 Å². The smallest absolute Gasteiger partial charge is 0.407 e. The third kappa shape index (κ3) is 4.31. The Hall–Kier alpha value is -1.70. The zero-order chi connectivity index (χ0) is 20.4. The number of aromatic hydroxyl groups is 1. The molecule has 0 saturated carbocycles. The lowest BCUT2D eigenvalue weighted by Gasteiger charge is -2.25. The van der Waals surface area contributed by atoms with Crippen molar-refractivity contribution in [3.05, 3.63) is 27.7 Å². The first kappa shape index (κ1) is 21.0. The third-order valence-corrected chi connectivity index (χ3v) is 6.56. The Morgan fingerprint density at radius 2 is 1.79 bits per heavy atom. The molecule has 0 radical (unpaired) electrons. The van der Waals surface area contributed by atoms with E-state index in [4.69, 9.17) is 28.3 Å². The van der Waals surface area contributed by atoms with Crippen molar-refractivity contribution in [2.45, 2.75) is 31.8 Å². The molecule has 28 heavy (non-hydrogen) atoms. The summed E-state index contributed by atoms with van der Waals surface area (Å²) >= 11 is 12.2. The Morgan fingerprint density at radius 1 is 1.07 bits per heavy atom. The third-order valence-electron chi connectivity index (χ3n) is 5.74.